The molecule has 0 saturated heterocycles. The highest BCUT2D eigenvalue weighted by atomic mass is 19.3. The van der Waals surface area contributed by atoms with E-state index in [-0.39, 0.29) is 24.9 Å². The zero-order valence-corrected chi connectivity index (χ0v) is 17.6. The zero-order chi connectivity index (χ0) is 24.9. The number of alkyl halides is 8. The molecule has 2 atom stereocenters. The molecule has 0 aliphatic heterocycles. The van der Waals surface area contributed by atoms with Gasteiger partial charge in [0.2, 0.25) is 0 Å². The van der Waals surface area contributed by atoms with Crippen LogP contribution in [0, 0.1) is 11.8 Å². The normalized spacial score (nSPS) is 19.1. The Bertz CT molecular complexity index is 521. The van der Waals surface area contributed by atoms with E-state index >= 15 is 0 Å². The number of carbonyl (C=O) groups is 2. The Morgan fingerprint density at radius 3 is 1.47 bits per heavy atom. The van der Waals surface area contributed by atoms with Gasteiger partial charge in [0.15, 0.2) is 13.2 Å². The lowest BCUT2D eigenvalue weighted by Crippen LogP contribution is -2.39. The van der Waals surface area contributed by atoms with Crippen molar-refractivity contribution in [2.75, 3.05) is 26.3 Å². The maximum absolute atomic E-state index is 12.7. The number of hydrogen-bond donors (Lipinski definition) is 2. The minimum Gasteiger partial charge on any atom is -0.443 e. The lowest BCUT2D eigenvalue weighted by Gasteiger charge is -2.29. The lowest BCUT2D eigenvalue weighted by atomic mass is 9.81. The second kappa shape index (κ2) is 14.2. The molecule has 2 unspecified atom stereocenters. The summed E-state index contributed by atoms with van der Waals surface area (Å²) in [7, 11) is 0. The first-order valence-corrected chi connectivity index (χ1v) is 9.96. The van der Waals surface area contributed by atoms with Gasteiger partial charge < -0.3 is 20.1 Å². The van der Waals surface area contributed by atoms with Crippen molar-refractivity contribution in [2.45, 2.75) is 64.2 Å². The third kappa shape index (κ3) is 11.6. The van der Waals surface area contributed by atoms with Gasteiger partial charge in [-0.2, -0.15) is 17.6 Å². The van der Waals surface area contributed by atoms with E-state index in [0.29, 0.717) is 25.7 Å². The predicted octanol–water partition coefficient (Wildman–Crippen LogP) is 5.07. The maximum atomic E-state index is 12.7. The molecule has 0 aromatic heterocycles. The summed E-state index contributed by atoms with van der Waals surface area (Å²) in [5.41, 5.74) is 0. The van der Waals surface area contributed by atoms with Crippen LogP contribution in [-0.2, 0) is 9.47 Å². The van der Waals surface area contributed by atoms with E-state index in [9.17, 15) is 44.7 Å². The minimum absolute atomic E-state index is 0.0145. The van der Waals surface area contributed by atoms with E-state index in [1.165, 1.54) is 0 Å². The van der Waals surface area contributed by atoms with Crippen molar-refractivity contribution in [3.63, 3.8) is 0 Å². The third-order valence-electron chi connectivity index (χ3n) is 4.39. The van der Waals surface area contributed by atoms with Gasteiger partial charge in [-0.05, 0) is 31.1 Å². The quantitative estimate of drug-likeness (QED) is 0.421. The fraction of sp³-hybridized carbons (Fsp3) is 0.889. The fourth-order valence-corrected chi connectivity index (χ4v) is 2.78. The number of alkyl carbamates (subject to hydrolysis) is 2. The summed E-state index contributed by atoms with van der Waals surface area (Å²) in [6, 6.07) is 0. The molecule has 2 N–H and O–H groups in total. The maximum Gasteiger partial charge on any atom is 0.407 e. The summed E-state index contributed by atoms with van der Waals surface area (Å²) < 4.78 is 107. The Morgan fingerprint density at radius 1 is 0.812 bits per heavy atom. The van der Waals surface area contributed by atoms with Crippen LogP contribution in [-0.4, -0.2) is 63.2 Å². The van der Waals surface area contributed by atoms with E-state index < -0.39 is 50.1 Å². The molecule has 1 saturated carbocycles. The molecular formula is C18H28F8N2O4. The Labute approximate surface area is 180 Å². The number of hydrogen-bond acceptors (Lipinski definition) is 4. The molecule has 0 aromatic carbocycles. The smallest absolute Gasteiger partial charge is 0.407 e. The average Bonchev–Trinajstić information content (AvgIpc) is 2.75. The molecule has 32 heavy (non-hydrogen) atoms. The van der Waals surface area contributed by atoms with Gasteiger partial charge in [0.1, 0.15) is 0 Å². The Morgan fingerprint density at radius 2 is 1.16 bits per heavy atom. The van der Waals surface area contributed by atoms with Gasteiger partial charge in [-0.15, -0.1) is 0 Å². The molecule has 1 fully saturated rings. The van der Waals surface area contributed by atoms with Gasteiger partial charge in [-0.3, -0.25) is 0 Å². The molecule has 1 rings (SSSR count). The van der Waals surface area contributed by atoms with Crippen molar-refractivity contribution in [3.05, 3.63) is 0 Å². The minimum atomic E-state index is -4.45. The number of rotatable bonds is 10. The molecular weight excluding hydrogens is 460 g/mol. The first kappa shape index (κ1) is 30.0. The van der Waals surface area contributed by atoms with Gasteiger partial charge in [0, 0.05) is 13.1 Å². The van der Waals surface area contributed by atoms with Crippen LogP contribution < -0.4 is 10.6 Å². The van der Waals surface area contributed by atoms with Crippen molar-refractivity contribution in [2.24, 2.45) is 11.8 Å². The summed E-state index contributed by atoms with van der Waals surface area (Å²) in [5.74, 6) is -9.17. The fourth-order valence-electron chi connectivity index (χ4n) is 2.78. The van der Waals surface area contributed by atoms with Crippen molar-refractivity contribution in [1.29, 1.82) is 0 Å². The summed E-state index contributed by atoms with van der Waals surface area (Å²) in [5, 5.41) is 4.38. The van der Waals surface area contributed by atoms with Crippen molar-refractivity contribution in [1.82, 2.24) is 10.6 Å². The summed E-state index contributed by atoms with van der Waals surface area (Å²) in [4.78, 5) is 22.7. The van der Waals surface area contributed by atoms with E-state index in [0.717, 1.165) is 0 Å². The highest BCUT2D eigenvalue weighted by Gasteiger charge is 2.43. The molecule has 190 valence electrons. The predicted molar refractivity (Wildman–Crippen MR) is 97.4 cm³/mol. The van der Waals surface area contributed by atoms with Crippen LogP contribution in [0.2, 0.25) is 0 Å². The lowest BCUT2D eigenvalue weighted by molar-refractivity contribution is -0.154. The molecule has 0 bridgehead atoms. The molecule has 0 aromatic rings. The van der Waals surface area contributed by atoms with E-state index in [2.05, 4.69) is 20.1 Å². The van der Waals surface area contributed by atoms with Crippen LogP contribution >= 0.6 is 0 Å². The zero-order valence-electron chi connectivity index (χ0n) is 17.6. The molecule has 0 spiro atoms. The molecule has 14 heteroatoms. The van der Waals surface area contributed by atoms with Gasteiger partial charge in [-0.1, -0.05) is 20.3 Å². The van der Waals surface area contributed by atoms with Gasteiger partial charge >= 0.3 is 36.9 Å². The highest BCUT2D eigenvalue weighted by molar-refractivity contribution is 5.67. The number of carbonyl (C=O) groups excluding carboxylic acids is 2. The Kier molecular flexibility index (Phi) is 13.3. The Hall–Kier alpha value is -2.02. The molecule has 2 amide bonds. The van der Waals surface area contributed by atoms with Crippen LogP contribution in [0.1, 0.15) is 39.5 Å². The summed E-state index contributed by atoms with van der Waals surface area (Å²) >= 11 is 0. The summed E-state index contributed by atoms with van der Waals surface area (Å²) in [6.45, 7) is 0.502. The van der Waals surface area contributed by atoms with Gasteiger partial charge in [-0.25, -0.2) is 27.2 Å². The van der Waals surface area contributed by atoms with Crippen LogP contribution in [0.25, 0.3) is 0 Å². The molecule has 0 heterocycles. The topological polar surface area (TPSA) is 76.7 Å². The van der Waals surface area contributed by atoms with Crippen molar-refractivity contribution >= 4 is 12.2 Å². The summed E-state index contributed by atoms with van der Waals surface area (Å²) in [6.07, 6.45) is -8.06. The molecule has 0 radical (unpaired) electrons. The first-order valence-electron chi connectivity index (χ1n) is 9.96. The number of halogens is 8. The third-order valence-corrected chi connectivity index (χ3v) is 4.39. The SMILES string of the molecule is CC.O=C(NCC1CCCC(CNC(=O)OCC(F)(F)C(F)F)C1)OCC(F)(F)C(F)F. The first-order chi connectivity index (χ1) is 14.8. The standard InChI is InChI=1S/C16H22F8N2O4.C2H6/c17-11(18)15(21,22)7-29-13(27)25-5-9-2-1-3-10(4-9)6-26-14(28)30-8-16(23,24)12(19)20;1-2/h9-12H,1-8H2,(H,25,27)(H,26,28);1-2H3. The van der Waals surface area contributed by atoms with E-state index in [1.54, 1.807) is 0 Å². The molecule has 6 nitrogen and oxygen atoms in total. The van der Waals surface area contributed by atoms with Gasteiger partial charge in [0.25, 0.3) is 0 Å². The van der Waals surface area contributed by atoms with Crippen molar-refractivity contribution in [3.8, 4) is 0 Å². The highest BCUT2D eigenvalue weighted by Crippen LogP contribution is 2.28. The van der Waals surface area contributed by atoms with Gasteiger partial charge in [0.05, 0.1) is 0 Å². The molecule has 1 aliphatic rings. The largest absolute Gasteiger partial charge is 0.443 e. The number of amides is 2. The van der Waals surface area contributed by atoms with Crippen LogP contribution in [0.15, 0.2) is 0 Å². The van der Waals surface area contributed by atoms with Crippen LogP contribution in [0.5, 0.6) is 0 Å². The second-order valence-electron chi connectivity index (χ2n) is 6.94. The number of ether oxygens (including phenoxy) is 2. The second-order valence-corrected chi connectivity index (χ2v) is 6.94. The van der Waals surface area contributed by atoms with Crippen LogP contribution in [0.3, 0.4) is 0 Å². The van der Waals surface area contributed by atoms with Crippen molar-refractivity contribution < 1.29 is 54.2 Å². The van der Waals surface area contributed by atoms with E-state index in [1.807, 2.05) is 13.8 Å². The van der Waals surface area contributed by atoms with E-state index in [4.69, 9.17) is 0 Å². The average molecular weight is 488 g/mol. The molecule has 1 aliphatic carbocycles. The van der Waals surface area contributed by atoms with Crippen LogP contribution in [0.4, 0.5) is 44.7 Å². The Balaban J connectivity index is 0.00000466. The monoisotopic (exact) mass is 488 g/mol. The number of nitrogens with one attached hydrogen (secondary N) is 2.